The Balaban J connectivity index is 0.000000140. The van der Waals surface area contributed by atoms with Gasteiger partial charge in [-0.2, -0.15) is 0 Å². The van der Waals surface area contributed by atoms with Crippen LogP contribution in [0.2, 0.25) is 0 Å². The van der Waals surface area contributed by atoms with Crippen molar-refractivity contribution in [2.24, 2.45) is 47.3 Å². The van der Waals surface area contributed by atoms with Crippen molar-refractivity contribution in [3.63, 3.8) is 0 Å². The smallest absolute Gasteiger partial charge is 0.202 e. The normalized spacial score (nSPS) is 20.7. The van der Waals surface area contributed by atoms with E-state index in [1.54, 1.807) is 11.1 Å². The first kappa shape index (κ1) is 79.1. The third kappa shape index (κ3) is 13.7. The lowest BCUT2D eigenvalue weighted by Gasteiger charge is -2.61. The lowest BCUT2D eigenvalue weighted by molar-refractivity contribution is -0.0399. The van der Waals surface area contributed by atoms with Crippen molar-refractivity contribution in [1.29, 1.82) is 0 Å². The van der Waals surface area contributed by atoms with E-state index >= 15 is 0 Å². The van der Waals surface area contributed by atoms with Crippen LogP contribution in [0.5, 0.6) is 0 Å². The second kappa shape index (κ2) is 32.6. The van der Waals surface area contributed by atoms with Crippen LogP contribution in [-0.4, -0.2) is 74.8 Å². The third-order valence-corrected chi connectivity index (χ3v) is 30.3. The highest BCUT2D eigenvalue weighted by Crippen LogP contribution is 2.71. The summed E-state index contributed by atoms with van der Waals surface area (Å²) in [7, 11) is 0. The zero-order valence-corrected chi connectivity index (χ0v) is 73.6. The zero-order chi connectivity index (χ0) is 88.4. The molecule has 0 radical (unpaired) electrons. The van der Waals surface area contributed by atoms with E-state index in [1.165, 1.54) is 109 Å². The van der Waals surface area contributed by atoms with E-state index in [0.717, 1.165) is 108 Å². The van der Waals surface area contributed by atoms with Crippen LogP contribution >= 0.6 is 0 Å². The molecule has 10 aliphatic carbocycles. The highest BCUT2D eigenvalue weighted by molar-refractivity contribution is 5.90. The Hall–Kier alpha value is -15.9. The van der Waals surface area contributed by atoms with E-state index in [9.17, 15) is 0 Å². The molecular weight excluding hydrogens is 1640 g/mol. The number of nitrogens with zero attached hydrogens (tertiary/aromatic N) is 15. The summed E-state index contributed by atoms with van der Waals surface area (Å²) < 4.78 is 0. The predicted molar refractivity (Wildman–Crippen MR) is 528 cm³/mol. The Kier molecular flexibility index (Phi) is 19.2. The summed E-state index contributed by atoms with van der Waals surface area (Å²) in [6, 6.07) is 129. The second-order valence-electron chi connectivity index (χ2n) is 37.8. The molecule has 8 fully saturated rings. The Bertz CT molecular complexity index is 7310. The number of fused-ring (bicyclic) bond motifs is 6. The number of hydrogen-bond acceptors (Lipinski definition) is 15. The van der Waals surface area contributed by atoms with Gasteiger partial charge < -0.3 is 0 Å². The van der Waals surface area contributed by atoms with Crippen molar-refractivity contribution in [2.45, 2.75) is 75.0 Å². The molecule has 0 aliphatic heterocycles. The molecule has 5 heterocycles. The summed E-state index contributed by atoms with van der Waals surface area (Å²) >= 11 is 0. The highest BCUT2D eigenvalue weighted by Gasteiger charge is 2.63. The van der Waals surface area contributed by atoms with Gasteiger partial charge in [-0.3, -0.25) is 0 Å². The van der Waals surface area contributed by atoms with E-state index in [-0.39, 0.29) is 22.5 Å². The molecule has 10 aliphatic rings. The number of aromatic nitrogens is 15. The fourth-order valence-corrected chi connectivity index (χ4v) is 25.0. The van der Waals surface area contributed by atoms with E-state index in [4.69, 9.17) is 74.8 Å². The second-order valence-corrected chi connectivity index (χ2v) is 37.8. The van der Waals surface area contributed by atoms with Crippen molar-refractivity contribution in [3.8, 4) is 193 Å². The van der Waals surface area contributed by atoms with Crippen LogP contribution < -0.4 is 0 Å². The summed E-state index contributed by atoms with van der Waals surface area (Å²) in [5, 5.41) is 0. The Labute approximate surface area is 777 Å². The Morgan fingerprint density at radius 3 is 0.634 bits per heavy atom. The van der Waals surface area contributed by atoms with Gasteiger partial charge in [-0.15, -0.1) is 0 Å². The molecule has 15 nitrogen and oxygen atoms in total. The van der Waals surface area contributed by atoms with Crippen LogP contribution in [-0.2, 0) is 10.8 Å². The Morgan fingerprint density at radius 2 is 0.336 bits per heavy atom. The average molecular weight is 1730 g/mol. The van der Waals surface area contributed by atoms with E-state index < -0.39 is 0 Å². The van der Waals surface area contributed by atoms with Crippen molar-refractivity contribution >= 4 is 0 Å². The van der Waals surface area contributed by atoms with Gasteiger partial charge in [0.15, 0.2) is 64.1 Å². The van der Waals surface area contributed by atoms with Gasteiger partial charge in [-0.05, 0) is 203 Å². The maximum Gasteiger partial charge on any atom is 0.202 e. The van der Waals surface area contributed by atoms with Crippen molar-refractivity contribution in [2.75, 3.05) is 0 Å². The van der Waals surface area contributed by atoms with Crippen LogP contribution in [0, 0.1) is 47.3 Å². The van der Waals surface area contributed by atoms with Crippen LogP contribution in [0.3, 0.4) is 0 Å². The van der Waals surface area contributed by atoms with Gasteiger partial charge in [-0.25, -0.2) is 74.8 Å². The van der Waals surface area contributed by atoms with Gasteiger partial charge in [0.1, 0.15) is 0 Å². The molecule has 29 rings (SSSR count). The molecule has 0 saturated heterocycles. The van der Waals surface area contributed by atoms with Crippen LogP contribution in [0.4, 0.5) is 0 Å². The van der Waals surface area contributed by atoms with E-state index in [0.29, 0.717) is 87.6 Å². The number of rotatable bonds is 15. The number of benzene rings is 14. The molecule has 134 heavy (non-hydrogen) atoms. The van der Waals surface area contributed by atoms with E-state index in [1.807, 2.05) is 243 Å². The summed E-state index contributed by atoms with van der Waals surface area (Å²) in [6.45, 7) is 0. The van der Waals surface area contributed by atoms with Crippen molar-refractivity contribution in [3.05, 3.63) is 392 Å². The summed E-state index contributed by atoms with van der Waals surface area (Å²) in [5.41, 5.74) is 25.9. The molecule has 0 amide bonds. The van der Waals surface area contributed by atoms with Gasteiger partial charge in [0.25, 0.3) is 0 Å². The predicted octanol–water partition coefficient (Wildman–Crippen LogP) is 26.7. The molecule has 0 atom stereocenters. The lowest BCUT2D eigenvalue weighted by atomic mass is 9.43. The molecule has 8 saturated carbocycles. The lowest BCUT2D eigenvalue weighted by Crippen LogP contribution is -2.55. The summed E-state index contributed by atoms with van der Waals surface area (Å²) in [6.07, 6.45) is 13.7. The first-order chi connectivity index (χ1) is 66.3. The maximum atomic E-state index is 5.24. The standard InChI is InChI=1S/C64H48N6.C55H41N9/c1-5-15-44(16-6-1)58-65-59(45-17-7-2-8-18-45)68-62(67-58)53-31-29-48(39-55(53)63-69-60(46-19-9-3-10-20-46)66-61(70-63)47-21-11-4-12-22-47)42-25-27-43(28-26-42)49-30-32-57-54(38-49)52-23-13-14-24-56(52)64(57)50-34-40-33-41(36-50)37-51(64)35-40;1-5-15-35(16-6-1)46-56-47(36-17-7-2-8-18-36)59-51(58-46)53-62-50(63-54(64-53)52-60-48(37-19-9-3-10-20-37)57-49(61-52)38-21-11-4-12-22-38)39-25-26-45-43(32-39)42-23-13-14-24-44(42)55(45)40-28-33-27-34(30-40)31-41(55)29-33/h1-32,38-41,50-51H,33-37H2;1-26,32-34,40-41H,27-31H2. The molecule has 2 spiro atoms. The van der Waals surface area contributed by atoms with Crippen LogP contribution in [0.1, 0.15) is 86.5 Å². The van der Waals surface area contributed by atoms with Crippen molar-refractivity contribution in [1.82, 2.24) is 74.8 Å². The molecule has 15 heteroatoms. The van der Waals surface area contributed by atoms with Crippen LogP contribution in [0.15, 0.2) is 370 Å². The highest BCUT2D eigenvalue weighted by atomic mass is 15.1. The molecule has 0 N–H and O–H groups in total. The van der Waals surface area contributed by atoms with Gasteiger partial charge in [0, 0.05) is 72.0 Å². The van der Waals surface area contributed by atoms with Crippen molar-refractivity contribution < 1.29 is 0 Å². The average Bonchev–Trinajstić information content (AvgIpc) is 1.51. The first-order valence-electron chi connectivity index (χ1n) is 47.3. The summed E-state index contributed by atoms with van der Waals surface area (Å²) in [5.74, 6) is 13.6. The fraction of sp³-hybridized carbons (Fsp3) is 0.168. The van der Waals surface area contributed by atoms with Gasteiger partial charge >= 0.3 is 0 Å². The molecule has 19 aromatic rings. The topological polar surface area (TPSA) is 193 Å². The molecular formula is C119H89N15. The minimum Gasteiger partial charge on any atom is -0.208 e. The fourth-order valence-electron chi connectivity index (χ4n) is 25.0. The van der Waals surface area contributed by atoms with Gasteiger partial charge in [-0.1, -0.05) is 346 Å². The summed E-state index contributed by atoms with van der Waals surface area (Å²) in [4.78, 5) is 76.7. The number of hydrogen-bond donors (Lipinski definition) is 0. The SMILES string of the molecule is c1ccc(-c2nc(-c3ccccc3)nc(-c3ccc(-c4ccc(-c5ccc6c(c5)-c5ccccc5C65C6CC7CC(C6)CC5C7)cc4)cc3-c3nc(-c4ccccc4)nc(-c4ccccc4)n3)n2)cc1.c1ccc(-c2nc(-c3ccccc3)nc(-c3nc(-c4ccc5c(c4)-c4ccccc4C54C5CC6CC(C5)CC4C6)nc(-c4nc(-c5ccccc5)nc(-c5ccccc5)n4)n3)n2)cc1. The van der Waals surface area contributed by atoms with Gasteiger partial charge in [0.05, 0.1) is 0 Å². The molecule has 5 aromatic heterocycles. The quantitative estimate of drug-likeness (QED) is 0.0940. The molecule has 8 bridgehead atoms. The molecule has 14 aromatic carbocycles. The zero-order valence-electron chi connectivity index (χ0n) is 73.6. The van der Waals surface area contributed by atoms with Gasteiger partial charge in [0.2, 0.25) is 23.3 Å². The Morgan fingerprint density at radius 1 is 0.134 bits per heavy atom. The van der Waals surface area contributed by atoms with E-state index in [2.05, 4.69) is 127 Å². The minimum atomic E-state index is 0.0480. The maximum absolute atomic E-state index is 5.24. The third-order valence-electron chi connectivity index (χ3n) is 30.3. The minimum absolute atomic E-state index is 0.0480. The largest absolute Gasteiger partial charge is 0.208 e. The van der Waals surface area contributed by atoms with Crippen LogP contribution in [0.25, 0.3) is 193 Å². The molecule has 640 valence electrons. The molecule has 0 unspecified atom stereocenters. The first-order valence-corrected chi connectivity index (χ1v) is 47.3. The monoisotopic (exact) mass is 1730 g/mol.